The summed E-state index contributed by atoms with van der Waals surface area (Å²) in [5.74, 6) is 0.219. The van der Waals surface area contributed by atoms with Gasteiger partial charge < -0.3 is 9.47 Å². The van der Waals surface area contributed by atoms with Gasteiger partial charge in [0.1, 0.15) is 5.75 Å². The Morgan fingerprint density at radius 3 is 2.58 bits per heavy atom. The van der Waals surface area contributed by atoms with E-state index in [1.165, 1.54) is 23.8 Å². The van der Waals surface area contributed by atoms with Crippen molar-refractivity contribution < 1.29 is 14.3 Å². The number of benzene rings is 2. The maximum Gasteiger partial charge on any atom is 0.343 e. The van der Waals surface area contributed by atoms with Gasteiger partial charge in [-0.3, -0.25) is 4.98 Å². The van der Waals surface area contributed by atoms with Gasteiger partial charge in [-0.15, -0.1) is 0 Å². The number of hydrogen-bond donors (Lipinski definition) is 0. The molecule has 0 fully saturated rings. The second-order valence-electron chi connectivity index (χ2n) is 6.17. The van der Waals surface area contributed by atoms with Crippen LogP contribution in [0.5, 0.6) is 5.75 Å². The van der Waals surface area contributed by atoms with Gasteiger partial charge in [0.15, 0.2) is 6.61 Å². The lowest BCUT2D eigenvalue weighted by atomic mass is 9.92. The van der Waals surface area contributed by atoms with Crippen molar-refractivity contribution in [2.45, 2.75) is 20.3 Å². The molecule has 0 unspecified atom stereocenters. The summed E-state index contributed by atoms with van der Waals surface area (Å²) >= 11 is 5.99. The van der Waals surface area contributed by atoms with Crippen LogP contribution in [0.3, 0.4) is 0 Å². The Balaban J connectivity index is 2.03. The van der Waals surface area contributed by atoms with Crippen LogP contribution in [0.1, 0.15) is 22.3 Å². The third-order valence-electron chi connectivity index (χ3n) is 4.47. The molecule has 1 heterocycles. The van der Waals surface area contributed by atoms with Gasteiger partial charge in [0.2, 0.25) is 0 Å². The minimum absolute atomic E-state index is 0.130. The molecule has 3 rings (SSSR count). The summed E-state index contributed by atoms with van der Waals surface area (Å²) in [5.41, 5.74) is 5.52. The molecule has 5 heteroatoms. The standard InChI is InChI=1S/C21H20ClNO3/c1-13-10-18-21(19(8-9-23-18)26-12-20(24)25-3)14(2)17(13)11-15-4-6-16(22)7-5-15/h4-10H,11-12H2,1-3H3. The highest BCUT2D eigenvalue weighted by Crippen LogP contribution is 2.32. The van der Waals surface area contributed by atoms with E-state index in [0.29, 0.717) is 5.75 Å². The monoisotopic (exact) mass is 369 g/mol. The van der Waals surface area contributed by atoms with Gasteiger partial charge in [-0.25, -0.2) is 4.79 Å². The van der Waals surface area contributed by atoms with Crippen LogP contribution in [0.4, 0.5) is 0 Å². The highest BCUT2D eigenvalue weighted by molar-refractivity contribution is 6.30. The maximum absolute atomic E-state index is 11.4. The summed E-state index contributed by atoms with van der Waals surface area (Å²) in [6.45, 7) is 4.02. The van der Waals surface area contributed by atoms with E-state index in [-0.39, 0.29) is 6.61 Å². The van der Waals surface area contributed by atoms with Gasteiger partial charge in [-0.05, 0) is 66.8 Å². The Labute approximate surface area is 157 Å². The molecule has 0 atom stereocenters. The Morgan fingerprint density at radius 1 is 1.15 bits per heavy atom. The van der Waals surface area contributed by atoms with E-state index >= 15 is 0 Å². The fourth-order valence-corrected chi connectivity index (χ4v) is 3.20. The second kappa shape index (κ2) is 7.75. The first-order valence-electron chi connectivity index (χ1n) is 8.31. The number of aromatic nitrogens is 1. The minimum Gasteiger partial charge on any atom is -0.481 e. The number of carbonyl (C=O) groups excluding carboxylic acids is 1. The first kappa shape index (κ1) is 18.2. The molecular formula is C21H20ClNO3. The topological polar surface area (TPSA) is 48.4 Å². The fraction of sp³-hybridized carbons (Fsp3) is 0.238. The largest absolute Gasteiger partial charge is 0.481 e. The molecule has 134 valence electrons. The van der Waals surface area contributed by atoms with Crippen molar-refractivity contribution in [3.8, 4) is 5.75 Å². The molecule has 0 spiro atoms. The van der Waals surface area contributed by atoms with Gasteiger partial charge in [0.25, 0.3) is 0 Å². The Hall–Kier alpha value is -2.59. The molecule has 0 radical (unpaired) electrons. The summed E-state index contributed by atoms with van der Waals surface area (Å²) in [4.78, 5) is 15.9. The van der Waals surface area contributed by atoms with Crippen LogP contribution in [-0.2, 0) is 16.0 Å². The first-order valence-corrected chi connectivity index (χ1v) is 8.69. The highest BCUT2D eigenvalue weighted by Gasteiger charge is 2.14. The number of pyridine rings is 1. The Kier molecular flexibility index (Phi) is 5.43. The molecular weight excluding hydrogens is 350 g/mol. The first-order chi connectivity index (χ1) is 12.5. The van der Waals surface area contributed by atoms with Crippen molar-refractivity contribution in [2.75, 3.05) is 13.7 Å². The summed E-state index contributed by atoms with van der Waals surface area (Å²) in [5, 5.41) is 1.65. The zero-order chi connectivity index (χ0) is 18.7. The number of rotatable bonds is 5. The second-order valence-corrected chi connectivity index (χ2v) is 6.60. The van der Waals surface area contributed by atoms with E-state index in [9.17, 15) is 4.79 Å². The van der Waals surface area contributed by atoms with Crippen molar-refractivity contribution in [2.24, 2.45) is 0 Å². The number of methoxy groups -OCH3 is 1. The summed E-state index contributed by atoms with van der Waals surface area (Å²) in [6.07, 6.45) is 2.48. The number of fused-ring (bicyclic) bond motifs is 1. The molecule has 1 aromatic heterocycles. The third-order valence-corrected chi connectivity index (χ3v) is 4.72. The molecule has 0 aliphatic rings. The number of nitrogens with zero attached hydrogens (tertiary/aromatic N) is 1. The maximum atomic E-state index is 11.4. The zero-order valence-electron chi connectivity index (χ0n) is 15.0. The lowest BCUT2D eigenvalue weighted by Gasteiger charge is -2.16. The van der Waals surface area contributed by atoms with Crippen LogP contribution >= 0.6 is 11.6 Å². The predicted octanol–water partition coefficient (Wildman–Crippen LogP) is 4.65. The number of esters is 1. The molecule has 0 aliphatic carbocycles. The normalized spacial score (nSPS) is 10.8. The van der Waals surface area contributed by atoms with Crippen molar-refractivity contribution in [1.29, 1.82) is 0 Å². The van der Waals surface area contributed by atoms with Crippen LogP contribution in [-0.4, -0.2) is 24.7 Å². The van der Waals surface area contributed by atoms with Crippen LogP contribution in [0.15, 0.2) is 42.6 Å². The van der Waals surface area contributed by atoms with E-state index < -0.39 is 5.97 Å². The van der Waals surface area contributed by atoms with Gasteiger partial charge in [-0.1, -0.05) is 23.7 Å². The van der Waals surface area contributed by atoms with E-state index in [0.717, 1.165) is 27.9 Å². The number of hydrogen-bond acceptors (Lipinski definition) is 4. The Bertz CT molecular complexity index is 952. The van der Waals surface area contributed by atoms with Gasteiger partial charge >= 0.3 is 5.97 Å². The van der Waals surface area contributed by atoms with E-state index in [2.05, 4.69) is 29.6 Å². The molecule has 4 nitrogen and oxygen atoms in total. The molecule has 0 saturated heterocycles. The molecule has 0 saturated carbocycles. The molecule has 0 bridgehead atoms. The quantitative estimate of drug-likeness (QED) is 0.614. The number of carbonyl (C=O) groups is 1. The van der Waals surface area contributed by atoms with Crippen molar-refractivity contribution in [3.05, 3.63) is 69.9 Å². The molecule has 0 amide bonds. The van der Waals surface area contributed by atoms with E-state index in [1.807, 2.05) is 24.3 Å². The Morgan fingerprint density at radius 2 is 1.88 bits per heavy atom. The molecule has 0 aliphatic heterocycles. The summed E-state index contributed by atoms with van der Waals surface area (Å²) < 4.78 is 10.3. The number of halogens is 1. The van der Waals surface area contributed by atoms with E-state index in [1.54, 1.807) is 12.3 Å². The zero-order valence-corrected chi connectivity index (χ0v) is 15.8. The van der Waals surface area contributed by atoms with Crippen LogP contribution < -0.4 is 4.74 Å². The van der Waals surface area contributed by atoms with Crippen molar-refractivity contribution in [3.63, 3.8) is 0 Å². The molecule has 26 heavy (non-hydrogen) atoms. The average molecular weight is 370 g/mol. The molecule has 3 aromatic rings. The SMILES string of the molecule is COC(=O)COc1ccnc2cc(C)c(Cc3ccc(Cl)cc3)c(C)c12. The number of aryl methyl sites for hydroxylation is 2. The lowest BCUT2D eigenvalue weighted by molar-refractivity contribution is -0.142. The minimum atomic E-state index is -0.416. The molecule has 0 N–H and O–H groups in total. The lowest BCUT2D eigenvalue weighted by Crippen LogP contribution is -2.13. The van der Waals surface area contributed by atoms with Gasteiger partial charge in [0.05, 0.1) is 12.6 Å². The summed E-state index contributed by atoms with van der Waals surface area (Å²) in [7, 11) is 1.34. The predicted molar refractivity (Wildman–Crippen MR) is 103 cm³/mol. The smallest absolute Gasteiger partial charge is 0.343 e. The van der Waals surface area contributed by atoms with Crippen molar-refractivity contribution >= 4 is 28.5 Å². The van der Waals surface area contributed by atoms with Crippen molar-refractivity contribution in [1.82, 2.24) is 4.98 Å². The highest BCUT2D eigenvalue weighted by atomic mass is 35.5. The third kappa shape index (κ3) is 3.81. The van der Waals surface area contributed by atoms with Crippen LogP contribution in [0, 0.1) is 13.8 Å². The molecule has 2 aromatic carbocycles. The van der Waals surface area contributed by atoms with Gasteiger partial charge in [0, 0.05) is 16.6 Å². The van der Waals surface area contributed by atoms with E-state index in [4.69, 9.17) is 16.3 Å². The fourth-order valence-electron chi connectivity index (χ4n) is 3.08. The number of ether oxygens (including phenoxy) is 2. The van der Waals surface area contributed by atoms with Crippen LogP contribution in [0.25, 0.3) is 10.9 Å². The van der Waals surface area contributed by atoms with Gasteiger partial charge in [-0.2, -0.15) is 0 Å². The average Bonchev–Trinajstić information content (AvgIpc) is 2.64. The van der Waals surface area contributed by atoms with Crippen LogP contribution in [0.2, 0.25) is 5.02 Å². The summed E-state index contributed by atoms with van der Waals surface area (Å²) in [6, 6.07) is 11.7.